The molecular weight excluding hydrogens is 328 g/mol. The number of fused-ring (bicyclic) bond motifs is 1. The smallest absolute Gasteiger partial charge is 0.274 e. The van der Waals surface area contributed by atoms with Gasteiger partial charge in [0.2, 0.25) is 5.95 Å². The molecule has 0 aliphatic carbocycles. The normalized spacial score (nSPS) is 10.7. The van der Waals surface area contributed by atoms with E-state index in [9.17, 15) is 4.79 Å². The van der Waals surface area contributed by atoms with Crippen LogP contribution in [-0.2, 0) is 0 Å². The van der Waals surface area contributed by atoms with Gasteiger partial charge in [-0.2, -0.15) is 0 Å². The predicted molar refractivity (Wildman–Crippen MR) is 101 cm³/mol. The van der Waals surface area contributed by atoms with E-state index in [1.54, 1.807) is 23.7 Å². The van der Waals surface area contributed by atoms with E-state index in [1.807, 2.05) is 36.4 Å². The van der Waals surface area contributed by atoms with E-state index in [1.165, 1.54) is 0 Å². The van der Waals surface area contributed by atoms with Gasteiger partial charge in [-0.25, -0.2) is 10.5 Å². The van der Waals surface area contributed by atoms with Gasteiger partial charge >= 0.3 is 0 Å². The molecule has 0 spiro atoms. The second-order valence-electron chi connectivity index (χ2n) is 5.83. The minimum absolute atomic E-state index is 0.348. The highest BCUT2D eigenvalue weighted by molar-refractivity contribution is 5.97. The van der Waals surface area contributed by atoms with Crippen molar-refractivity contribution in [2.24, 2.45) is 0 Å². The van der Waals surface area contributed by atoms with Crippen molar-refractivity contribution in [1.82, 2.24) is 15.4 Å². The summed E-state index contributed by atoms with van der Waals surface area (Å²) in [5.41, 5.74) is 6.55. The number of aromatic amines is 1. The highest BCUT2D eigenvalue weighted by Gasteiger charge is 2.08. The van der Waals surface area contributed by atoms with Crippen LogP contribution in [0.5, 0.6) is 0 Å². The molecule has 4 aromatic rings. The Kier molecular flexibility index (Phi) is 4.09. The third-order valence-electron chi connectivity index (χ3n) is 4.08. The number of hydroxylamine groups is 1. The number of aromatic nitrogens is 2. The molecule has 6 nitrogen and oxygen atoms in total. The van der Waals surface area contributed by atoms with Crippen LogP contribution in [0.15, 0.2) is 72.8 Å². The van der Waals surface area contributed by atoms with E-state index in [0.717, 1.165) is 22.3 Å². The van der Waals surface area contributed by atoms with Crippen molar-refractivity contribution in [1.29, 1.82) is 0 Å². The Balaban J connectivity index is 1.62. The van der Waals surface area contributed by atoms with Gasteiger partial charge in [-0.1, -0.05) is 42.5 Å². The maximum absolute atomic E-state index is 11.5. The second kappa shape index (κ2) is 6.70. The molecule has 1 amide bonds. The van der Waals surface area contributed by atoms with E-state index in [0.29, 0.717) is 17.0 Å². The number of carbonyl (C=O) groups is 1. The molecule has 128 valence electrons. The minimum atomic E-state index is -0.563. The van der Waals surface area contributed by atoms with Crippen LogP contribution < -0.4 is 10.8 Å². The number of imidazole rings is 1. The number of hydrogen-bond donors (Lipinski definition) is 4. The number of H-pyrrole nitrogens is 1. The van der Waals surface area contributed by atoms with Gasteiger partial charge in [-0.15, -0.1) is 0 Å². The van der Waals surface area contributed by atoms with Crippen LogP contribution in [0.2, 0.25) is 0 Å². The van der Waals surface area contributed by atoms with Crippen LogP contribution in [0.3, 0.4) is 0 Å². The third-order valence-corrected chi connectivity index (χ3v) is 4.08. The van der Waals surface area contributed by atoms with E-state index < -0.39 is 5.91 Å². The minimum Gasteiger partial charge on any atom is -0.326 e. The van der Waals surface area contributed by atoms with E-state index >= 15 is 0 Å². The van der Waals surface area contributed by atoms with Gasteiger partial charge in [0.15, 0.2) is 0 Å². The maximum Gasteiger partial charge on any atom is 0.274 e. The highest BCUT2D eigenvalue weighted by atomic mass is 16.5. The van der Waals surface area contributed by atoms with Crippen molar-refractivity contribution in [3.63, 3.8) is 0 Å². The fourth-order valence-corrected chi connectivity index (χ4v) is 2.82. The lowest BCUT2D eigenvalue weighted by molar-refractivity contribution is 0.0706. The largest absolute Gasteiger partial charge is 0.326 e. The van der Waals surface area contributed by atoms with E-state index in [2.05, 4.69) is 33.5 Å². The van der Waals surface area contributed by atoms with Crippen molar-refractivity contribution in [2.45, 2.75) is 0 Å². The lowest BCUT2D eigenvalue weighted by Crippen LogP contribution is -2.18. The molecule has 4 N–H and O–H groups in total. The first-order valence-electron chi connectivity index (χ1n) is 8.10. The zero-order valence-corrected chi connectivity index (χ0v) is 13.7. The van der Waals surface area contributed by atoms with Crippen LogP contribution in [0.1, 0.15) is 10.4 Å². The van der Waals surface area contributed by atoms with Gasteiger partial charge in [0.1, 0.15) is 0 Å². The molecule has 0 fully saturated rings. The number of rotatable bonds is 4. The number of anilines is 2. The molecule has 26 heavy (non-hydrogen) atoms. The third kappa shape index (κ3) is 3.13. The van der Waals surface area contributed by atoms with Crippen LogP contribution >= 0.6 is 0 Å². The van der Waals surface area contributed by atoms with Gasteiger partial charge in [0.05, 0.1) is 11.0 Å². The average molecular weight is 344 g/mol. The molecule has 1 heterocycles. The Labute approximate surface area is 149 Å². The Bertz CT molecular complexity index is 1070. The summed E-state index contributed by atoms with van der Waals surface area (Å²) >= 11 is 0. The molecule has 0 unspecified atom stereocenters. The molecule has 1 aromatic heterocycles. The first-order chi connectivity index (χ1) is 12.7. The number of benzene rings is 3. The molecule has 0 bridgehead atoms. The predicted octanol–water partition coefficient (Wildman–Crippen LogP) is 4.09. The van der Waals surface area contributed by atoms with Crippen molar-refractivity contribution >= 4 is 28.6 Å². The molecule has 0 aliphatic rings. The maximum atomic E-state index is 11.5. The van der Waals surface area contributed by atoms with E-state index in [4.69, 9.17) is 5.21 Å². The number of carbonyl (C=O) groups excluding carboxylic acids is 1. The van der Waals surface area contributed by atoms with Gasteiger partial charge in [-0.3, -0.25) is 10.0 Å². The topological polar surface area (TPSA) is 90.0 Å². The molecular formula is C20H16N4O2. The summed E-state index contributed by atoms with van der Waals surface area (Å²) in [5.74, 6) is 0.0124. The number of nitrogens with zero attached hydrogens (tertiary/aromatic N) is 1. The quantitative estimate of drug-likeness (QED) is 0.331. The monoisotopic (exact) mass is 344 g/mol. The summed E-state index contributed by atoms with van der Waals surface area (Å²) < 4.78 is 0. The van der Waals surface area contributed by atoms with Crippen LogP contribution in [0.25, 0.3) is 22.2 Å². The average Bonchev–Trinajstić information content (AvgIpc) is 3.09. The summed E-state index contributed by atoms with van der Waals surface area (Å²) in [7, 11) is 0. The number of hydrogen-bond acceptors (Lipinski definition) is 4. The summed E-state index contributed by atoms with van der Waals surface area (Å²) in [5, 5.41) is 12.0. The van der Waals surface area contributed by atoms with Crippen molar-refractivity contribution in [3.05, 3.63) is 78.4 Å². The van der Waals surface area contributed by atoms with Crippen LogP contribution in [0, 0.1) is 0 Å². The zero-order valence-electron chi connectivity index (χ0n) is 13.7. The molecule has 0 aliphatic heterocycles. The second-order valence-corrected chi connectivity index (χ2v) is 5.83. The molecule has 3 aromatic carbocycles. The Hall–Kier alpha value is -3.64. The fourth-order valence-electron chi connectivity index (χ4n) is 2.82. The zero-order chi connectivity index (χ0) is 17.9. The molecule has 0 radical (unpaired) electrons. The first-order valence-corrected chi connectivity index (χ1v) is 8.10. The van der Waals surface area contributed by atoms with Crippen molar-refractivity contribution in [3.8, 4) is 11.1 Å². The van der Waals surface area contributed by atoms with Crippen molar-refractivity contribution in [2.75, 3.05) is 5.32 Å². The molecule has 0 saturated carbocycles. The van der Waals surface area contributed by atoms with Gasteiger partial charge in [-0.05, 0) is 41.5 Å². The number of amides is 1. The van der Waals surface area contributed by atoms with Gasteiger partial charge in [0.25, 0.3) is 5.91 Å². The van der Waals surface area contributed by atoms with Gasteiger partial charge in [0, 0.05) is 11.3 Å². The van der Waals surface area contributed by atoms with Crippen LogP contribution in [-0.4, -0.2) is 21.1 Å². The summed E-state index contributed by atoms with van der Waals surface area (Å²) in [4.78, 5) is 19.1. The number of nitrogens with one attached hydrogen (secondary N) is 3. The van der Waals surface area contributed by atoms with Crippen molar-refractivity contribution < 1.29 is 10.0 Å². The lowest BCUT2D eigenvalue weighted by atomic mass is 10.1. The summed E-state index contributed by atoms with van der Waals surface area (Å²) in [6.07, 6.45) is 0. The lowest BCUT2D eigenvalue weighted by Gasteiger charge is -2.06. The fraction of sp³-hybridized carbons (Fsp3) is 0. The summed E-state index contributed by atoms with van der Waals surface area (Å²) in [6.45, 7) is 0. The van der Waals surface area contributed by atoms with E-state index in [-0.39, 0.29) is 0 Å². The Morgan fingerprint density at radius 2 is 1.73 bits per heavy atom. The highest BCUT2D eigenvalue weighted by Crippen LogP contribution is 2.25. The van der Waals surface area contributed by atoms with Gasteiger partial charge < -0.3 is 10.3 Å². The van der Waals surface area contributed by atoms with Crippen LogP contribution in [0.4, 0.5) is 11.6 Å². The molecule has 4 rings (SSSR count). The SMILES string of the molecule is O=C(NO)c1ccc2nc(Nc3cccc(-c4ccccc4)c3)[nH]c2c1. The molecule has 0 atom stereocenters. The summed E-state index contributed by atoms with van der Waals surface area (Å²) in [6, 6.07) is 23.2. The Morgan fingerprint density at radius 1 is 0.923 bits per heavy atom. The standard InChI is InChI=1S/C20H16N4O2/c25-19(24-26)15-9-10-17-18(12-15)23-20(22-17)21-16-8-4-7-14(11-16)13-5-2-1-3-6-13/h1-12,26H,(H,24,25)(H2,21,22,23). The molecule has 0 saturated heterocycles. The molecule has 6 heteroatoms. The first kappa shape index (κ1) is 15.9. The Morgan fingerprint density at radius 3 is 2.54 bits per heavy atom.